The number of amides is 1. The van der Waals surface area contributed by atoms with Crippen LogP contribution in [-0.2, 0) is 4.79 Å². The molecular weight excluding hydrogens is 234 g/mol. The molecule has 0 radical (unpaired) electrons. The third kappa shape index (κ3) is 3.44. The second-order valence-electron chi connectivity index (χ2n) is 4.04. The largest absolute Gasteiger partial charge is 0.481 e. The van der Waals surface area contributed by atoms with E-state index in [2.05, 4.69) is 4.98 Å². The zero-order valence-electron chi connectivity index (χ0n) is 10.5. The van der Waals surface area contributed by atoms with Gasteiger partial charge in [-0.05, 0) is 19.1 Å². The molecule has 0 saturated carbocycles. The van der Waals surface area contributed by atoms with Crippen molar-refractivity contribution in [1.82, 2.24) is 4.98 Å². The summed E-state index contributed by atoms with van der Waals surface area (Å²) in [6.07, 6.45) is 1.49. The van der Waals surface area contributed by atoms with E-state index >= 15 is 0 Å². The average molecular weight is 251 g/mol. The topological polar surface area (TPSA) is 96.5 Å². The summed E-state index contributed by atoms with van der Waals surface area (Å²) < 4.78 is 0. The number of primary amides is 1. The number of nitrogens with two attached hydrogens (primary N) is 1. The maximum absolute atomic E-state index is 11.0. The summed E-state index contributed by atoms with van der Waals surface area (Å²) in [7, 11) is 0. The summed E-state index contributed by atoms with van der Waals surface area (Å²) in [5.41, 5.74) is 6.08. The fraction of sp³-hybridized carbons (Fsp3) is 0.417. The van der Waals surface area contributed by atoms with Gasteiger partial charge in [-0.1, -0.05) is 6.92 Å². The molecule has 1 rings (SSSR count). The van der Waals surface area contributed by atoms with Crippen molar-refractivity contribution in [3.05, 3.63) is 24.0 Å². The van der Waals surface area contributed by atoms with Gasteiger partial charge in [0.1, 0.15) is 5.69 Å². The molecule has 0 aliphatic carbocycles. The van der Waals surface area contributed by atoms with Crippen LogP contribution in [0.2, 0.25) is 0 Å². The normalized spacial score (nSPS) is 11.9. The van der Waals surface area contributed by atoms with Gasteiger partial charge in [0.2, 0.25) is 0 Å². The predicted molar refractivity (Wildman–Crippen MR) is 67.4 cm³/mol. The number of nitrogens with zero attached hydrogens (tertiary/aromatic N) is 2. The molecule has 6 nitrogen and oxygen atoms in total. The van der Waals surface area contributed by atoms with Gasteiger partial charge in [-0.25, -0.2) is 0 Å². The van der Waals surface area contributed by atoms with Gasteiger partial charge in [-0.3, -0.25) is 14.6 Å². The van der Waals surface area contributed by atoms with Crippen molar-refractivity contribution in [2.45, 2.75) is 13.8 Å². The van der Waals surface area contributed by atoms with Crippen LogP contribution >= 0.6 is 0 Å². The quantitative estimate of drug-likeness (QED) is 0.776. The van der Waals surface area contributed by atoms with E-state index in [4.69, 9.17) is 10.8 Å². The van der Waals surface area contributed by atoms with Crippen LogP contribution < -0.4 is 10.6 Å². The van der Waals surface area contributed by atoms with Crippen molar-refractivity contribution in [1.29, 1.82) is 0 Å². The molecule has 98 valence electrons. The molecule has 0 aliphatic heterocycles. The number of carboxylic acid groups (broad SMARTS) is 1. The highest BCUT2D eigenvalue weighted by Crippen LogP contribution is 2.16. The molecule has 0 aromatic carbocycles. The zero-order chi connectivity index (χ0) is 13.7. The Labute approximate surface area is 105 Å². The predicted octanol–water partition coefficient (Wildman–Crippen LogP) is 0.727. The molecule has 1 unspecified atom stereocenters. The number of pyridine rings is 1. The van der Waals surface area contributed by atoms with Crippen molar-refractivity contribution in [2.75, 3.05) is 18.0 Å². The highest BCUT2D eigenvalue weighted by atomic mass is 16.4. The minimum Gasteiger partial charge on any atom is -0.481 e. The number of carboxylic acids is 1. The van der Waals surface area contributed by atoms with Crippen molar-refractivity contribution in [2.24, 2.45) is 11.7 Å². The first-order valence-corrected chi connectivity index (χ1v) is 5.69. The number of hydrogen-bond donors (Lipinski definition) is 2. The number of aromatic nitrogens is 1. The Kier molecular flexibility index (Phi) is 4.65. The second-order valence-corrected chi connectivity index (χ2v) is 4.04. The van der Waals surface area contributed by atoms with Crippen LogP contribution in [0.4, 0.5) is 5.69 Å². The molecule has 1 amide bonds. The standard InChI is InChI=1S/C12H17N3O3/c1-3-15(7-8(2)12(17)18)9-4-5-14-10(6-9)11(13)16/h4-6,8H,3,7H2,1-2H3,(H2,13,16)(H,17,18). The molecule has 0 spiro atoms. The Morgan fingerprint density at radius 3 is 2.72 bits per heavy atom. The van der Waals surface area contributed by atoms with E-state index in [9.17, 15) is 9.59 Å². The minimum atomic E-state index is -0.849. The van der Waals surface area contributed by atoms with Crippen LogP contribution in [-0.4, -0.2) is 35.1 Å². The van der Waals surface area contributed by atoms with Gasteiger partial charge in [-0.2, -0.15) is 0 Å². The fourth-order valence-corrected chi connectivity index (χ4v) is 1.58. The van der Waals surface area contributed by atoms with Crippen LogP contribution in [0.3, 0.4) is 0 Å². The van der Waals surface area contributed by atoms with E-state index < -0.39 is 17.8 Å². The number of anilines is 1. The van der Waals surface area contributed by atoms with Crippen molar-refractivity contribution in [3.63, 3.8) is 0 Å². The molecule has 0 bridgehead atoms. The number of carbonyl (C=O) groups is 2. The maximum Gasteiger partial charge on any atom is 0.308 e. The van der Waals surface area contributed by atoms with Gasteiger partial charge in [0.05, 0.1) is 5.92 Å². The zero-order valence-corrected chi connectivity index (χ0v) is 10.5. The van der Waals surface area contributed by atoms with E-state index in [-0.39, 0.29) is 5.69 Å². The molecule has 0 aliphatic rings. The monoisotopic (exact) mass is 251 g/mol. The third-order valence-electron chi connectivity index (χ3n) is 2.66. The van der Waals surface area contributed by atoms with Crippen LogP contribution in [0, 0.1) is 5.92 Å². The lowest BCUT2D eigenvalue weighted by Crippen LogP contribution is -2.32. The Bertz CT molecular complexity index is 448. The van der Waals surface area contributed by atoms with Gasteiger partial charge < -0.3 is 15.7 Å². The first-order chi connectivity index (χ1) is 8.45. The Balaban J connectivity index is 2.91. The summed E-state index contributed by atoms with van der Waals surface area (Å²) in [5.74, 6) is -1.94. The van der Waals surface area contributed by atoms with Crippen molar-refractivity contribution in [3.8, 4) is 0 Å². The van der Waals surface area contributed by atoms with E-state index in [0.29, 0.717) is 13.1 Å². The van der Waals surface area contributed by atoms with Gasteiger partial charge >= 0.3 is 5.97 Å². The lowest BCUT2D eigenvalue weighted by Gasteiger charge is -2.25. The van der Waals surface area contributed by atoms with E-state index in [0.717, 1.165) is 5.69 Å². The number of aliphatic carboxylic acids is 1. The first kappa shape index (κ1) is 14.0. The van der Waals surface area contributed by atoms with E-state index in [1.54, 1.807) is 19.1 Å². The van der Waals surface area contributed by atoms with E-state index in [1.165, 1.54) is 6.20 Å². The lowest BCUT2D eigenvalue weighted by molar-refractivity contribution is -0.140. The van der Waals surface area contributed by atoms with Crippen LogP contribution in [0.25, 0.3) is 0 Å². The number of rotatable bonds is 6. The van der Waals surface area contributed by atoms with Gasteiger partial charge in [0.15, 0.2) is 0 Å². The summed E-state index contributed by atoms with van der Waals surface area (Å²) >= 11 is 0. The maximum atomic E-state index is 11.0. The number of hydrogen-bond acceptors (Lipinski definition) is 4. The molecule has 1 aromatic heterocycles. The fourth-order valence-electron chi connectivity index (χ4n) is 1.58. The van der Waals surface area contributed by atoms with Crippen LogP contribution in [0.15, 0.2) is 18.3 Å². The van der Waals surface area contributed by atoms with Crippen molar-refractivity contribution < 1.29 is 14.7 Å². The second kappa shape index (κ2) is 6.00. The van der Waals surface area contributed by atoms with Crippen LogP contribution in [0.1, 0.15) is 24.3 Å². The lowest BCUT2D eigenvalue weighted by atomic mass is 10.1. The Morgan fingerprint density at radius 2 is 2.22 bits per heavy atom. The summed E-state index contributed by atoms with van der Waals surface area (Å²) in [4.78, 5) is 27.6. The molecule has 1 aromatic rings. The molecule has 18 heavy (non-hydrogen) atoms. The third-order valence-corrected chi connectivity index (χ3v) is 2.66. The Hall–Kier alpha value is -2.11. The van der Waals surface area contributed by atoms with E-state index in [1.807, 2.05) is 11.8 Å². The molecule has 0 fully saturated rings. The number of carbonyl (C=O) groups excluding carboxylic acids is 1. The van der Waals surface area contributed by atoms with Gasteiger partial charge in [0, 0.05) is 25.0 Å². The van der Waals surface area contributed by atoms with Crippen molar-refractivity contribution >= 4 is 17.6 Å². The molecule has 1 heterocycles. The van der Waals surface area contributed by atoms with Crippen LogP contribution in [0.5, 0.6) is 0 Å². The summed E-state index contributed by atoms with van der Waals surface area (Å²) in [6, 6.07) is 3.30. The van der Waals surface area contributed by atoms with Gasteiger partial charge in [-0.15, -0.1) is 0 Å². The molecule has 1 atom stereocenters. The minimum absolute atomic E-state index is 0.175. The summed E-state index contributed by atoms with van der Waals surface area (Å²) in [5, 5.41) is 8.90. The highest BCUT2D eigenvalue weighted by molar-refractivity contribution is 5.91. The average Bonchev–Trinajstić information content (AvgIpc) is 2.35. The van der Waals surface area contributed by atoms with Gasteiger partial charge in [0.25, 0.3) is 5.91 Å². The first-order valence-electron chi connectivity index (χ1n) is 5.69. The summed E-state index contributed by atoms with van der Waals surface area (Å²) in [6.45, 7) is 4.56. The molecule has 3 N–H and O–H groups in total. The Morgan fingerprint density at radius 1 is 1.56 bits per heavy atom. The smallest absolute Gasteiger partial charge is 0.308 e. The molecule has 0 saturated heterocycles. The molecular formula is C12H17N3O3. The highest BCUT2D eigenvalue weighted by Gasteiger charge is 2.16. The molecule has 6 heteroatoms. The SMILES string of the molecule is CCN(CC(C)C(=O)O)c1ccnc(C(N)=O)c1.